The third kappa shape index (κ3) is 3.85. The van der Waals surface area contributed by atoms with E-state index in [9.17, 15) is 4.79 Å². The number of carbonyl (C=O) groups excluding carboxylic acids is 1. The molecule has 0 saturated carbocycles. The number of nitrogens with zero attached hydrogens (tertiary/aromatic N) is 1. The average Bonchev–Trinajstić information content (AvgIpc) is 3.16. The molecule has 0 bridgehead atoms. The van der Waals surface area contributed by atoms with Crippen molar-refractivity contribution >= 4 is 12.0 Å². The van der Waals surface area contributed by atoms with Crippen molar-refractivity contribution in [2.45, 2.75) is 18.9 Å². The van der Waals surface area contributed by atoms with Crippen LogP contribution in [0.15, 0.2) is 54.6 Å². The van der Waals surface area contributed by atoms with E-state index in [4.69, 9.17) is 9.47 Å². The number of hydrogen-bond acceptors (Lipinski definition) is 3. The Balaban J connectivity index is 1.81. The molecule has 1 aliphatic heterocycles. The van der Waals surface area contributed by atoms with Gasteiger partial charge in [0.2, 0.25) is 5.91 Å². The number of likely N-dealkylation sites (tertiary alicyclic amines) is 1. The molecular formula is C21H23NO3. The van der Waals surface area contributed by atoms with E-state index in [1.807, 2.05) is 59.5 Å². The van der Waals surface area contributed by atoms with Gasteiger partial charge in [0.1, 0.15) is 11.5 Å². The molecule has 1 aliphatic rings. The van der Waals surface area contributed by atoms with Crippen molar-refractivity contribution in [3.05, 3.63) is 65.7 Å². The van der Waals surface area contributed by atoms with Crippen molar-refractivity contribution in [3.63, 3.8) is 0 Å². The molecule has 0 spiro atoms. The summed E-state index contributed by atoms with van der Waals surface area (Å²) >= 11 is 0. The smallest absolute Gasteiger partial charge is 0.247 e. The first kappa shape index (κ1) is 17.1. The molecule has 25 heavy (non-hydrogen) atoms. The van der Waals surface area contributed by atoms with E-state index in [-0.39, 0.29) is 11.9 Å². The lowest BCUT2D eigenvalue weighted by molar-refractivity contribution is -0.126. The van der Waals surface area contributed by atoms with Crippen LogP contribution in [0.1, 0.15) is 30.0 Å². The fourth-order valence-corrected chi connectivity index (χ4v) is 3.27. The highest BCUT2D eigenvalue weighted by Crippen LogP contribution is 2.38. The van der Waals surface area contributed by atoms with Crippen LogP contribution < -0.4 is 9.47 Å². The first-order valence-electron chi connectivity index (χ1n) is 8.48. The molecule has 1 atom stereocenters. The molecular weight excluding hydrogens is 314 g/mol. The predicted molar refractivity (Wildman–Crippen MR) is 98.7 cm³/mol. The van der Waals surface area contributed by atoms with Crippen molar-refractivity contribution in [1.82, 2.24) is 4.90 Å². The maximum atomic E-state index is 12.7. The lowest BCUT2D eigenvalue weighted by Gasteiger charge is -2.25. The summed E-state index contributed by atoms with van der Waals surface area (Å²) in [5.74, 6) is 1.54. The number of benzene rings is 2. The van der Waals surface area contributed by atoms with Crippen LogP contribution >= 0.6 is 0 Å². The molecule has 1 saturated heterocycles. The Kier molecular flexibility index (Phi) is 5.39. The third-order valence-corrected chi connectivity index (χ3v) is 4.55. The van der Waals surface area contributed by atoms with Gasteiger partial charge in [-0.05, 0) is 36.6 Å². The van der Waals surface area contributed by atoms with E-state index in [0.717, 1.165) is 42.0 Å². The topological polar surface area (TPSA) is 38.8 Å². The van der Waals surface area contributed by atoms with E-state index >= 15 is 0 Å². The highest BCUT2D eigenvalue weighted by Gasteiger charge is 2.30. The fourth-order valence-electron chi connectivity index (χ4n) is 3.27. The Morgan fingerprint density at radius 2 is 1.92 bits per heavy atom. The summed E-state index contributed by atoms with van der Waals surface area (Å²) in [6, 6.07) is 15.7. The summed E-state index contributed by atoms with van der Waals surface area (Å²) in [4.78, 5) is 14.6. The zero-order valence-corrected chi connectivity index (χ0v) is 14.6. The summed E-state index contributed by atoms with van der Waals surface area (Å²) < 4.78 is 10.8. The monoisotopic (exact) mass is 337 g/mol. The first-order chi connectivity index (χ1) is 12.2. The van der Waals surface area contributed by atoms with E-state index in [1.165, 1.54) is 0 Å². The Bertz CT molecular complexity index is 755. The van der Waals surface area contributed by atoms with Crippen LogP contribution in [0.4, 0.5) is 0 Å². The molecule has 0 aromatic heterocycles. The average molecular weight is 337 g/mol. The van der Waals surface area contributed by atoms with E-state index < -0.39 is 0 Å². The van der Waals surface area contributed by atoms with Gasteiger partial charge in [0.05, 0.1) is 20.3 Å². The first-order valence-corrected chi connectivity index (χ1v) is 8.48. The van der Waals surface area contributed by atoms with Gasteiger partial charge in [-0.1, -0.05) is 30.3 Å². The Hall–Kier alpha value is -2.75. The van der Waals surface area contributed by atoms with E-state index in [2.05, 4.69) is 0 Å². The van der Waals surface area contributed by atoms with Gasteiger partial charge in [0.25, 0.3) is 0 Å². The van der Waals surface area contributed by atoms with Crippen LogP contribution in [-0.2, 0) is 4.79 Å². The molecule has 1 unspecified atom stereocenters. The van der Waals surface area contributed by atoms with Crippen molar-refractivity contribution in [2.75, 3.05) is 20.8 Å². The predicted octanol–water partition coefficient (Wildman–Crippen LogP) is 4.08. The highest BCUT2D eigenvalue weighted by molar-refractivity contribution is 5.92. The Labute approximate surface area is 148 Å². The third-order valence-electron chi connectivity index (χ3n) is 4.55. The van der Waals surface area contributed by atoms with Crippen molar-refractivity contribution < 1.29 is 14.3 Å². The maximum Gasteiger partial charge on any atom is 0.247 e. The molecule has 2 aromatic rings. The van der Waals surface area contributed by atoms with Gasteiger partial charge in [-0.3, -0.25) is 4.79 Å². The molecule has 130 valence electrons. The van der Waals surface area contributed by atoms with Crippen LogP contribution in [0, 0.1) is 0 Å². The molecule has 1 heterocycles. The van der Waals surface area contributed by atoms with Gasteiger partial charge >= 0.3 is 0 Å². The number of methoxy groups -OCH3 is 2. The number of carbonyl (C=O) groups is 1. The Morgan fingerprint density at radius 1 is 1.12 bits per heavy atom. The van der Waals surface area contributed by atoms with Gasteiger partial charge in [0, 0.05) is 24.3 Å². The number of hydrogen-bond donors (Lipinski definition) is 0. The number of ether oxygens (including phenoxy) is 2. The van der Waals surface area contributed by atoms with E-state index in [1.54, 1.807) is 20.3 Å². The van der Waals surface area contributed by atoms with Gasteiger partial charge in [-0.15, -0.1) is 0 Å². The van der Waals surface area contributed by atoms with Gasteiger partial charge in [-0.25, -0.2) is 0 Å². The second-order valence-electron chi connectivity index (χ2n) is 6.04. The molecule has 1 amide bonds. The zero-order chi connectivity index (χ0) is 17.6. The molecule has 0 aliphatic carbocycles. The van der Waals surface area contributed by atoms with Crippen molar-refractivity contribution in [3.8, 4) is 11.5 Å². The second-order valence-corrected chi connectivity index (χ2v) is 6.04. The largest absolute Gasteiger partial charge is 0.497 e. The van der Waals surface area contributed by atoms with Crippen molar-refractivity contribution in [1.29, 1.82) is 0 Å². The molecule has 3 rings (SSSR count). The summed E-state index contributed by atoms with van der Waals surface area (Å²) in [5.41, 5.74) is 2.05. The molecule has 1 fully saturated rings. The van der Waals surface area contributed by atoms with Gasteiger partial charge in [-0.2, -0.15) is 0 Å². The molecule has 4 heteroatoms. The zero-order valence-electron chi connectivity index (χ0n) is 14.6. The summed E-state index contributed by atoms with van der Waals surface area (Å²) in [6.45, 7) is 0.762. The van der Waals surface area contributed by atoms with Gasteiger partial charge < -0.3 is 14.4 Å². The van der Waals surface area contributed by atoms with Crippen LogP contribution in [0.25, 0.3) is 6.08 Å². The minimum atomic E-state index is 0.0317. The lowest BCUT2D eigenvalue weighted by Crippen LogP contribution is -2.29. The molecule has 4 nitrogen and oxygen atoms in total. The summed E-state index contributed by atoms with van der Waals surface area (Å²) in [6.07, 6.45) is 5.45. The van der Waals surface area contributed by atoms with Crippen LogP contribution in [0.2, 0.25) is 0 Å². The number of amides is 1. The summed E-state index contributed by atoms with van der Waals surface area (Å²) in [7, 11) is 3.28. The quantitative estimate of drug-likeness (QED) is 0.772. The lowest BCUT2D eigenvalue weighted by atomic mass is 10.0. The Morgan fingerprint density at radius 3 is 2.64 bits per heavy atom. The normalized spacial score (nSPS) is 17.0. The minimum absolute atomic E-state index is 0.0317. The SMILES string of the molecule is COc1ccc(C2CCCN2C(=O)C=Cc2ccccc2)c(OC)c1. The minimum Gasteiger partial charge on any atom is -0.497 e. The number of rotatable bonds is 5. The van der Waals surface area contributed by atoms with Crippen molar-refractivity contribution in [2.24, 2.45) is 0 Å². The maximum absolute atomic E-state index is 12.7. The molecule has 0 radical (unpaired) electrons. The van der Waals surface area contributed by atoms with Crippen LogP contribution in [-0.4, -0.2) is 31.6 Å². The van der Waals surface area contributed by atoms with Crippen LogP contribution in [0.5, 0.6) is 11.5 Å². The highest BCUT2D eigenvalue weighted by atomic mass is 16.5. The van der Waals surface area contributed by atoms with Gasteiger partial charge in [0.15, 0.2) is 0 Å². The fraction of sp³-hybridized carbons (Fsp3) is 0.286. The molecule has 2 aromatic carbocycles. The standard InChI is InChI=1S/C21H23NO3/c1-24-17-11-12-18(20(15-17)25-2)19-9-6-14-22(19)21(23)13-10-16-7-4-3-5-8-16/h3-5,7-8,10-13,15,19H,6,9,14H2,1-2H3. The van der Waals surface area contributed by atoms with Crippen LogP contribution in [0.3, 0.4) is 0 Å². The molecule has 0 N–H and O–H groups in total. The van der Waals surface area contributed by atoms with E-state index in [0.29, 0.717) is 0 Å². The summed E-state index contributed by atoms with van der Waals surface area (Å²) in [5, 5.41) is 0. The second kappa shape index (κ2) is 7.88.